The third kappa shape index (κ3) is 16.1. The minimum Gasteiger partial charge on any atom is -0.478 e. The first-order valence-corrected chi connectivity index (χ1v) is 41.2. The Kier molecular flexibility index (Phi) is 23.2. The third-order valence-electron chi connectivity index (χ3n) is 23.0. The molecule has 11 aliphatic rings. The first kappa shape index (κ1) is 93.7. The van der Waals surface area contributed by atoms with Gasteiger partial charge in [0.1, 0.15) is 17.3 Å². The first-order chi connectivity index (χ1) is 65.2. The van der Waals surface area contributed by atoms with Gasteiger partial charge in [0.25, 0.3) is 0 Å². The molecule has 139 heavy (non-hydrogen) atoms. The van der Waals surface area contributed by atoms with Crippen LogP contribution in [-0.2, 0) is 53.1 Å². The average molecular weight is 1910 g/mol. The number of Topliss-reactive ketones (excluding diaryl/α,β-unsaturated/α-hetero) is 6. The highest BCUT2D eigenvalue weighted by Crippen LogP contribution is 2.57. The molecule has 1 N–H and O–H groups in total. The molecule has 0 radical (unpaired) electrons. The van der Waals surface area contributed by atoms with E-state index in [0.717, 1.165) is 17.7 Å². The first-order valence-electron chi connectivity index (χ1n) is 39.7. The Balaban J connectivity index is 0.000000122. The van der Waals surface area contributed by atoms with E-state index in [9.17, 15) is 135 Å². The van der Waals surface area contributed by atoms with Crippen LogP contribution in [0.1, 0.15) is 278 Å². The summed E-state index contributed by atoms with van der Waals surface area (Å²) >= 11 is 0. The minimum absolute atomic E-state index is 0. The summed E-state index contributed by atoms with van der Waals surface area (Å²) in [5.41, 5.74) is -1.60. The molecule has 0 atom stereocenters. The predicted molar refractivity (Wildman–Crippen MR) is 456 cm³/mol. The van der Waals surface area contributed by atoms with Crippen molar-refractivity contribution < 1.29 is 178 Å². The number of hydrogen-bond acceptors (Lipinski definition) is 31. The van der Waals surface area contributed by atoms with E-state index in [-0.39, 0.29) is 166 Å². The maximum atomic E-state index is 14.3. The largest absolute Gasteiger partial charge is 0.478 e. The lowest BCUT2D eigenvalue weighted by atomic mass is 9.71. The number of rotatable bonds is 9. The Morgan fingerprint density at radius 3 is 0.971 bits per heavy atom. The molecule has 0 saturated carbocycles. The van der Waals surface area contributed by atoms with Gasteiger partial charge in [-0.05, 0) is 167 Å². The minimum atomic E-state index is -5.96. The van der Waals surface area contributed by atoms with Crippen molar-refractivity contribution in [1.29, 1.82) is 0 Å². The normalized spacial score (nSPS) is 15.5. The summed E-state index contributed by atoms with van der Waals surface area (Å²) in [4.78, 5) is 243. The van der Waals surface area contributed by atoms with Gasteiger partial charge in [-0.25, -0.2) is 75.5 Å². The number of carboxylic acids is 1. The lowest BCUT2D eigenvalue weighted by Crippen LogP contribution is -2.55. The Labute approximate surface area is 772 Å². The van der Waals surface area contributed by atoms with Gasteiger partial charge in [0.2, 0.25) is 15.3 Å². The number of alkyl halides is 6. The topological polar surface area (TPSA) is 487 Å². The molecule has 0 aromatic heterocycles. The summed E-state index contributed by atoms with van der Waals surface area (Å²) in [5, 5.41) is 8.67. The molecule has 690 valence electrons. The van der Waals surface area contributed by atoms with Gasteiger partial charge < -0.3 is 43.0 Å². The van der Waals surface area contributed by atoms with E-state index in [1.165, 1.54) is 91.0 Å². The third-order valence-corrected chi connectivity index (χ3v) is 24.8. The average Bonchev–Trinajstić information content (AvgIpc) is 1.65. The summed E-state index contributed by atoms with van der Waals surface area (Å²) in [7, 11) is -4.02. The van der Waals surface area contributed by atoms with Gasteiger partial charge in [0.05, 0.1) is 107 Å². The van der Waals surface area contributed by atoms with Gasteiger partial charge in [-0.1, -0.05) is 93.9 Å². The molecule has 0 amide bonds. The van der Waals surface area contributed by atoms with Crippen LogP contribution in [0.15, 0.2) is 230 Å². The highest BCUT2D eigenvalue weighted by molar-refractivity contribution is 7.91. The second-order valence-electron chi connectivity index (χ2n) is 31.0. The Bertz CT molecular complexity index is 7610. The molecule has 8 aliphatic heterocycles. The van der Waals surface area contributed by atoms with Crippen molar-refractivity contribution in [3.63, 3.8) is 0 Å². The zero-order valence-electron chi connectivity index (χ0n) is 69.1. The Morgan fingerprint density at radius 2 is 0.532 bits per heavy atom. The number of fused-ring (bicyclic) bond motifs is 11. The highest BCUT2D eigenvalue weighted by Gasteiger charge is 2.73. The van der Waals surface area contributed by atoms with Crippen molar-refractivity contribution in [2.24, 2.45) is 0 Å². The number of aromatic carboxylic acids is 1. The molecule has 11 aromatic rings. The number of hydrogen-bond donors (Lipinski definition) is 1. The summed E-state index contributed by atoms with van der Waals surface area (Å²) in [6.07, 6.45) is -12.4. The Morgan fingerprint density at radius 1 is 0.266 bits per heavy atom. The SMILES string of the molecule is C.C=C1OC(=O)c2cc(-c3ccc4c(c3)C(=O)OC4=O)ccc21.C=C1OC(=O)c2cc(C(c3ccc4c(c3)C(=O)OC4=O)(C(F)(F)F)C(F)(F)F)ccc21.C=C1OC(=O)c2cc(S(=O)(=O)c3ccc4c(c3)C(=O)OC4=O)ccc21.O=C(O)c1ccc2c(c1)C(=O)CC2=O.O=C(c1ccc2c(c1)C(=O)CC2=O)c1ccc2c(c1)C(=O)OC2=O.O=C1CC(=O)c2cc(-c3cccc4c3C(=O)OC4=O)ccc21. The number of sulfone groups is 1. The summed E-state index contributed by atoms with van der Waals surface area (Å²) < 4.78 is 148. The number of ketones is 7. The molecule has 0 spiro atoms. The molecule has 39 heteroatoms. The molecule has 22 rings (SSSR count). The van der Waals surface area contributed by atoms with E-state index in [4.69, 9.17) is 14.6 Å². The standard InChI is InChI=1S/C20H8F6O5.C18H8O6.C17H8O7S.2C17H8O5.C10H6O4.CH4/c1-8-11-4-2-9(6-13(11)16(28)30-8)18(19(21,22)23,20(24,25)26)10-3-5-12-14(7-10)17(29)31-15(12)27;19-14-7-15(20)12-5-8(1-3-10(12)14)16(21)9-2-4-11-13(6-9)18(23)24-17(11)22;1-8-11-4-2-9(6-13(11)16(19)23-8)25(21,22)10-3-5-12-14(7-10)17(20)24-15(12)18;1-8-11-4-2-9(6-13(11)16(19)21-8)10-3-5-12-14(7-10)17(20)22-15(12)18;18-13-7-14(19)12-6-8(4-5-10(12)13)9-2-1-3-11-15(9)17(21)22-16(11)20;11-8-4-9(12)7-3-5(10(13)14)1-2-6(7)8;/h2-7H,1H2;1-6H,7H2;2-7H,1H2;2-7H,1H2;1-6H,7H2;1-3H,4H2,(H,13,14);1H4. The number of benzene rings is 11. The van der Waals surface area contributed by atoms with Crippen molar-refractivity contribution in [2.45, 2.75) is 54.2 Å². The van der Waals surface area contributed by atoms with Crippen LogP contribution >= 0.6 is 0 Å². The number of ether oxygens (including phenoxy) is 8. The van der Waals surface area contributed by atoms with Crippen molar-refractivity contribution in [1.82, 2.24) is 0 Å². The number of carboxylic acid groups (broad SMARTS) is 1. The van der Waals surface area contributed by atoms with Gasteiger partial charge in [0.15, 0.2) is 40.5 Å². The molecular formula is C100H50F6O32S. The van der Waals surface area contributed by atoms with E-state index in [1.54, 1.807) is 66.7 Å². The molecule has 11 aromatic carbocycles. The van der Waals surface area contributed by atoms with E-state index in [0.29, 0.717) is 91.7 Å². The van der Waals surface area contributed by atoms with E-state index >= 15 is 0 Å². The highest BCUT2D eigenvalue weighted by atomic mass is 32.2. The molecule has 0 bridgehead atoms. The van der Waals surface area contributed by atoms with Gasteiger partial charge in [-0.15, -0.1) is 0 Å². The predicted octanol–water partition coefficient (Wildman–Crippen LogP) is 15.5. The molecular weight excluding hydrogens is 1860 g/mol. The van der Waals surface area contributed by atoms with Crippen LogP contribution in [0.2, 0.25) is 0 Å². The van der Waals surface area contributed by atoms with Gasteiger partial charge >= 0.3 is 95.9 Å². The zero-order chi connectivity index (χ0) is 99.0. The number of carbonyl (C=O) groups excluding carboxylic acids is 20. The fourth-order valence-electron chi connectivity index (χ4n) is 16.3. The molecule has 3 aliphatic carbocycles. The van der Waals surface area contributed by atoms with Crippen LogP contribution in [-0.4, -0.2) is 150 Å². The van der Waals surface area contributed by atoms with Gasteiger partial charge in [-0.3, -0.25) is 33.6 Å². The van der Waals surface area contributed by atoms with Crippen molar-refractivity contribution in [3.05, 3.63) is 370 Å². The van der Waals surface area contributed by atoms with Gasteiger partial charge in [0, 0.05) is 61.2 Å². The Hall–Kier alpha value is -18.6. The number of carbonyl (C=O) groups is 21. The van der Waals surface area contributed by atoms with Crippen LogP contribution in [0, 0.1) is 0 Å². The van der Waals surface area contributed by atoms with Crippen LogP contribution in [0.5, 0.6) is 0 Å². The van der Waals surface area contributed by atoms with Gasteiger partial charge in [-0.2, -0.15) is 26.3 Å². The molecule has 0 fully saturated rings. The maximum Gasteiger partial charge on any atom is 0.411 e. The fourth-order valence-corrected chi connectivity index (χ4v) is 17.6. The smallest absolute Gasteiger partial charge is 0.411 e. The monoisotopic (exact) mass is 1910 g/mol. The van der Waals surface area contributed by atoms with E-state index < -0.39 is 145 Å². The van der Waals surface area contributed by atoms with Crippen LogP contribution < -0.4 is 0 Å². The maximum absolute atomic E-state index is 14.3. The van der Waals surface area contributed by atoms with E-state index in [2.05, 4.69) is 48.2 Å². The molecule has 32 nitrogen and oxygen atoms in total. The van der Waals surface area contributed by atoms with Crippen molar-refractivity contribution >= 4 is 151 Å². The summed E-state index contributed by atoms with van der Waals surface area (Å²) in [5.74, 6) is -13.5. The quantitative estimate of drug-likeness (QED) is 0.0461. The molecule has 0 saturated heterocycles. The lowest BCUT2D eigenvalue weighted by molar-refractivity contribution is -0.288. The molecule has 8 heterocycles. The van der Waals surface area contributed by atoms with E-state index in [1.807, 2.05) is 0 Å². The van der Waals surface area contributed by atoms with Crippen LogP contribution in [0.3, 0.4) is 0 Å². The summed E-state index contributed by atoms with van der Waals surface area (Å²) in [6, 6.07) is 42.9. The fraction of sp³-hybridized carbons (Fsp3) is 0.0700. The zero-order valence-corrected chi connectivity index (χ0v) is 69.9. The van der Waals surface area contributed by atoms with Crippen molar-refractivity contribution in [2.75, 3.05) is 0 Å². The molecule has 0 unspecified atom stereocenters. The number of cyclic esters (lactones) is 13. The number of esters is 13. The lowest BCUT2D eigenvalue weighted by Gasteiger charge is -2.38. The second-order valence-corrected chi connectivity index (χ2v) is 33.0. The van der Waals surface area contributed by atoms with Crippen LogP contribution in [0.25, 0.3) is 39.5 Å². The van der Waals surface area contributed by atoms with Crippen LogP contribution in [0.4, 0.5) is 26.3 Å². The second kappa shape index (κ2) is 34.5. The van der Waals surface area contributed by atoms with Crippen molar-refractivity contribution in [3.8, 4) is 22.3 Å². The summed E-state index contributed by atoms with van der Waals surface area (Å²) in [6.45, 7) is 10.6. The number of halogens is 6.